The predicted octanol–water partition coefficient (Wildman–Crippen LogP) is 4.39. The Morgan fingerprint density at radius 3 is 2.56 bits per heavy atom. The monoisotopic (exact) mass is 439 g/mol. The number of aryl methyl sites for hydroxylation is 1. The number of nitrogens with two attached hydrogens (primary N) is 1. The SMILES string of the molecule is CCc1nc(C(N)=O)c(Nc2cccc([C@@H](C)CNC(=O)OC(C)(C)C)c2)nc1C1CC1. The summed E-state index contributed by atoms with van der Waals surface area (Å²) in [5, 5.41) is 6.04. The Kier molecular flexibility index (Phi) is 7.01. The summed E-state index contributed by atoms with van der Waals surface area (Å²) in [6.07, 6.45) is 2.45. The van der Waals surface area contributed by atoms with Crippen LogP contribution in [0, 0.1) is 0 Å². The van der Waals surface area contributed by atoms with Crippen LogP contribution in [0.3, 0.4) is 0 Å². The van der Waals surface area contributed by atoms with Gasteiger partial charge >= 0.3 is 6.09 Å². The molecule has 172 valence electrons. The molecule has 8 nitrogen and oxygen atoms in total. The maximum absolute atomic E-state index is 12.0. The maximum atomic E-state index is 12.0. The average Bonchev–Trinajstić information content (AvgIpc) is 3.55. The third-order valence-corrected chi connectivity index (χ3v) is 5.20. The van der Waals surface area contributed by atoms with Gasteiger partial charge in [-0.1, -0.05) is 26.0 Å². The molecule has 0 bridgehead atoms. The summed E-state index contributed by atoms with van der Waals surface area (Å²) in [5.74, 6) is 0.233. The molecule has 8 heteroatoms. The molecule has 2 amide bonds. The minimum atomic E-state index is -0.608. The van der Waals surface area contributed by atoms with Crippen molar-refractivity contribution >= 4 is 23.5 Å². The molecule has 1 heterocycles. The van der Waals surface area contributed by atoms with E-state index in [1.54, 1.807) is 0 Å². The predicted molar refractivity (Wildman–Crippen MR) is 124 cm³/mol. The Labute approximate surface area is 189 Å². The zero-order valence-electron chi connectivity index (χ0n) is 19.5. The van der Waals surface area contributed by atoms with Crippen LogP contribution in [0.1, 0.15) is 86.7 Å². The van der Waals surface area contributed by atoms with Crippen LogP contribution in [-0.2, 0) is 11.2 Å². The number of anilines is 2. The van der Waals surface area contributed by atoms with Crippen LogP contribution in [-0.4, -0.2) is 34.1 Å². The summed E-state index contributed by atoms with van der Waals surface area (Å²) in [6.45, 7) is 9.94. The zero-order valence-corrected chi connectivity index (χ0v) is 19.5. The summed E-state index contributed by atoms with van der Waals surface area (Å²) in [4.78, 5) is 33.2. The molecule has 0 aliphatic heterocycles. The first kappa shape index (κ1) is 23.5. The second-order valence-corrected chi connectivity index (χ2v) is 9.28. The summed E-state index contributed by atoms with van der Waals surface area (Å²) >= 11 is 0. The largest absolute Gasteiger partial charge is 0.444 e. The van der Waals surface area contributed by atoms with Crippen molar-refractivity contribution in [3.05, 3.63) is 46.9 Å². The number of carbonyl (C=O) groups is 2. The van der Waals surface area contributed by atoms with Gasteiger partial charge in [0.25, 0.3) is 5.91 Å². The van der Waals surface area contributed by atoms with Crippen molar-refractivity contribution in [2.75, 3.05) is 11.9 Å². The van der Waals surface area contributed by atoms with Crippen LogP contribution in [0.4, 0.5) is 16.3 Å². The Morgan fingerprint density at radius 2 is 1.97 bits per heavy atom. The van der Waals surface area contributed by atoms with Crippen molar-refractivity contribution < 1.29 is 14.3 Å². The molecule has 0 unspecified atom stereocenters. The highest BCUT2D eigenvalue weighted by Gasteiger charge is 2.30. The van der Waals surface area contributed by atoms with E-state index in [4.69, 9.17) is 15.5 Å². The minimum absolute atomic E-state index is 0.0513. The Morgan fingerprint density at radius 1 is 1.25 bits per heavy atom. The standard InChI is InChI=1S/C24H33N5O3/c1-6-18-19(15-10-11-15)29-22(20(28-18)21(25)30)27-17-9-7-8-16(12-17)14(2)13-26-23(31)32-24(3,4)5/h7-9,12,14-15H,6,10-11,13H2,1-5H3,(H2,25,30)(H,26,31)(H,27,29)/t14-/m0/s1. The van der Waals surface area contributed by atoms with E-state index in [0.717, 1.165) is 35.5 Å². The van der Waals surface area contributed by atoms with Crippen molar-refractivity contribution in [1.29, 1.82) is 0 Å². The summed E-state index contributed by atoms with van der Waals surface area (Å²) < 4.78 is 5.30. The molecule has 1 fully saturated rings. The highest BCUT2D eigenvalue weighted by molar-refractivity contribution is 5.96. The van der Waals surface area contributed by atoms with Crippen molar-refractivity contribution in [3.8, 4) is 0 Å². The fraction of sp³-hybridized carbons (Fsp3) is 0.500. The highest BCUT2D eigenvalue weighted by atomic mass is 16.6. The summed E-state index contributed by atoms with van der Waals surface area (Å²) in [7, 11) is 0. The quantitative estimate of drug-likeness (QED) is 0.561. The first-order chi connectivity index (χ1) is 15.1. The zero-order chi connectivity index (χ0) is 23.5. The third-order valence-electron chi connectivity index (χ3n) is 5.20. The number of hydrogen-bond donors (Lipinski definition) is 3. The minimum Gasteiger partial charge on any atom is -0.444 e. The van der Waals surface area contributed by atoms with E-state index in [0.29, 0.717) is 24.7 Å². The Balaban J connectivity index is 1.76. The second-order valence-electron chi connectivity index (χ2n) is 9.28. The van der Waals surface area contributed by atoms with Crippen molar-refractivity contribution in [2.45, 2.75) is 71.3 Å². The van der Waals surface area contributed by atoms with E-state index in [-0.39, 0.29) is 11.6 Å². The number of amides is 2. The van der Waals surface area contributed by atoms with Crippen LogP contribution in [0.25, 0.3) is 0 Å². The number of aromatic nitrogens is 2. The molecule has 1 aliphatic carbocycles. The van der Waals surface area contributed by atoms with E-state index >= 15 is 0 Å². The Hall–Kier alpha value is -3.16. The molecule has 4 N–H and O–H groups in total. The molecular weight excluding hydrogens is 406 g/mol. The smallest absolute Gasteiger partial charge is 0.407 e. The number of primary amides is 1. The van der Waals surface area contributed by atoms with Gasteiger partial charge in [0.1, 0.15) is 5.60 Å². The molecule has 1 aliphatic rings. The van der Waals surface area contributed by atoms with E-state index in [9.17, 15) is 9.59 Å². The normalized spacial score (nSPS) is 14.5. The van der Waals surface area contributed by atoms with E-state index < -0.39 is 17.6 Å². The van der Waals surface area contributed by atoms with E-state index in [2.05, 4.69) is 15.6 Å². The van der Waals surface area contributed by atoms with Crippen LogP contribution in [0.15, 0.2) is 24.3 Å². The van der Waals surface area contributed by atoms with Crippen molar-refractivity contribution in [2.24, 2.45) is 5.73 Å². The number of hydrogen-bond acceptors (Lipinski definition) is 6. The van der Waals surface area contributed by atoms with Crippen LogP contribution in [0.2, 0.25) is 0 Å². The molecule has 32 heavy (non-hydrogen) atoms. The molecule has 0 radical (unpaired) electrons. The number of ether oxygens (including phenoxy) is 1. The molecule has 0 spiro atoms. The van der Waals surface area contributed by atoms with Gasteiger partial charge < -0.3 is 21.1 Å². The number of nitrogens with one attached hydrogen (secondary N) is 2. The number of benzene rings is 1. The molecule has 3 rings (SSSR count). The first-order valence-electron chi connectivity index (χ1n) is 11.1. The Bertz CT molecular complexity index is 996. The highest BCUT2D eigenvalue weighted by Crippen LogP contribution is 2.41. The molecule has 1 saturated carbocycles. The van der Waals surface area contributed by atoms with Gasteiger partial charge in [0.2, 0.25) is 0 Å². The van der Waals surface area contributed by atoms with Gasteiger partial charge in [0.15, 0.2) is 11.5 Å². The number of nitrogens with zero attached hydrogens (tertiary/aromatic N) is 2. The third kappa shape index (κ3) is 6.18. The van der Waals surface area contributed by atoms with Crippen molar-refractivity contribution in [1.82, 2.24) is 15.3 Å². The summed E-state index contributed by atoms with van der Waals surface area (Å²) in [6, 6.07) is 7.78. The lowest BCUT2D eigenvalue weighted by atomic mass is 10.0. The molecule has 1 aromatic carbocycles. The number of alkyl carbamates (subject to hydrolysis) is 1. The van der Waals surface area contributed by atoms with Crippen LogP contribution < -0.4 is 16.4 Å². The molecule has 1 aromatic heterocycles. The molecule has 0 saturated heterocycles. The second kappa shape index (κ2) is 9.54. The van der Waals surface area contributed by atoms with Crippen LogP contribution in [0.5, 0.6) is 0 Å². The van der Waals surface area contributed by atoms with E-state index in [1.165, 1.54) is 0 Å². The molecule has 2 aromatic rings. The first-order valence-corrected chi connectivity index (χ1v) is 11.1. The average molecular weight is 440 g/mol. The number of carbonyl (C=O) groups excluding carboxylic acids is 2. The van der Waals surface area contributed by atoms with Gasteiger partial charge in [-0.2, -0.15) is 0 Å². The topological polar surface area (TPSA) is 119 Å². The lowest BCUT2D eigenvalue weighted by Gasteiger charge is -2.21. The lowest BCUT2D eigenvalue weighted by Crippen LogP contribution is -2.34. The fourth-order valence-corrected chi connectivity index (χ4v) is 3.41. The maximum Gasteiger partial charge on any atom is 0.407 e. The van der Waals surface area contributed by atoms with Gasteiger partial charge in [-0.25, -0.2) is 14.8 Å². The lowest BCUT2D eigenvalue weighted by molar-refractivity contribution is 0.0525. The summed E-state index contributed by atoms with van der Waals surface area (Å²) in [5.41, 5.74) is 8.78. The fourth-order valence-electron chi connectivity index (χ4n) is 3.41. The van der Waals surface area contributed by atoms with Gasteiger partial charge in [-0.15, -0.1) is 0 Å². The van der Waals surface area contributed by atoms with Gasteiger partial charge in [0.05, 0.1) is 11.4 Å². The van der Waals surface area contributed by atoms with Crippen molar-refractivity contribution in [3.63, 3.8) is 0 Å². The van der Waals surface area contributed by atoms with Gasteiger partial charge in [-0.3, -0.25) is 4.79 Å². The van der Waals surface area contributed by atoms with Crippen LogP contribution >= 0.6 is 0 Å². The molecular formula is C24H33N5O3. The van der Waals surface area contributed by atoms with Gasteiger partial charge in [0, 0.05) is 18.2 Å². The molecule has 1 atom stereocenters. The van der Waals surface area contributed by atoms with Gasteiger partial charge in [-0.05, 0) is 63.6 Å². The van der Waals surface area contributed by atoms with E-state index in [1.807, 2.05) is 58.9 Å². The number of rotatable bonds is 8.